The van der Waals surface area contributed by atoms with Crippen LogP contribution in [0.25, 0.3) is 22.5 Å². The molecule has 0 radical (unpaired) electrons. The topological polar surface area (TPSA) is 64.2 Å². The van der Waals surface area contributed by atoms with Crippen molar-refractivity contribution in [2.75, 3.05) is 6.54 Å². The molecule has 0 spiro atoms. The Morgan fingerprint density at radius 2 is 2.07 bits per heavy atom. The van der Waals surface area contributed by atoms with Crippen molar-refractivity contribution >= 4 is 16.9 Å². The van der Waals surface area contributed by atoms with Crippen LogP contribution in [0.1, 0.15) is 70.3 Å². The molecule has 0 saturated heterocycles. The molecule has 150 valence electrons. The van der Waals surface area contributed by atoms with Gasteiger partial charge in [-0.3, -0.25) is 4.79 Å². The third-order valence-electron chi connectivity index (χ3n) is 5.20. The van der Waals surface area contributed by atoms with Crippen molar-refractivity contribution in [3.8, 4) is 11.5 Å². The Morgan fingerprint density at radius 3 is 2.68 bits per heavy atom. The van der Waals surface area contributed by atoms with Gasteiger partial charge in [0.1, 0.15) is 5.69 Å². The number of unbranched alkanes of at least 4 members (excludes halogenated alkanes) is 1. The Balaban J connectivity index is 2.16. The summed E-state index contributed by atoms with van der Waals surface area (Å²) in [7, 11) is 0. The third-order valence-corrected chi connectivity index (χ3v) is 5.20. The monoisotopic (exact) mass is 382 g/mol. The molecule has 28 heavy (non-hydrogen) atoms. The molecule has 3 aromatic heterocycles. The first-order valence-corrected chi connectivity index (χ1v) is 10.2. The second kappa shape index (κ2) is 8.59. The maximum Gasteiger partial charge on any atom is 0.254 e. The van der Waals surface area contributed by atoms with Crippen LogP contribution in [-0.2, 0) is 0 Å². The summed E-state index contributed by atoms with van der Waals surface area (Å²) in [4.78, 5) is 20.3. The highest BCUT2D eigenvalue weighted by Gasteiger charge is 2.25. The first-order chi connectivity index (χ1) is 13.5. The van der Waals surface area contributed by atoms with E-state index in [9.17, 15) is 4.79 Å². The molecule has 0 saturated carbocycles. The van der Waals surface area contributed by atoms with Crippen molar-refractivity contribution in [1.29, 1.82) is 0 Å². The number of carbonyl (C=O) groups excluding carboxylic acids is 1. The Morgan fingerprint density at radius 1 is 1.29 bits per heavy atom. The van der Waals surface area contributed by atoms with Gasteiger partial charge in [-0.1, -0.05) is 20.3 Å². The number of pyridine rings is 1. The molecule has 0 aliphatic heterocycles. The smallest absolute Gasteiger partial charge is 0.254 e. The minimum absolute atomic E-state index is 0.0336. The standard InChI is InChI=1S/C22H30N4O2/c1-6-8-11-25(16(5)7-2)22(27)17-13-19(20-10-9-12-28-20)24-21-18(17)14-23-26(21)15(3)4/h9-10,12-16H,6-8,11H2,1-5H3. The van der Waals surface area contributed by atoms with E-state index in [1.165, 1.54) is 0 Å². The van der Waals surface area contributed by atoms with Gasteiger partial charge in [0.15, 0.2) is 11.4 Å². The molecule has 1 unspecified atom stereocenters. The fraction of sp³-hybridized carbons (Fsp3) is 0.500. The van der Waals surface area contributed by atoms with E-state index in [-0.39, 0.29) is 18.0 Å². The van der Waals surface area contributed by atoms with Gasteiger partial charge in [-0.25, -0.2) is 9.67 Å². The normalized spacial score (nSPS) is 12.6. The molecule has 0 bridgehead atoms. The largest absolute Gasteiger partial charge is 0.463 e. The SMILES string of the molecule is CCCCN(C(=O)c1cc(-c2ccco2)nc2c1cnn2C(C)C)C(C)CC. The van der Waals surface area contributed by atoms with Crippen LogP contribution in [0.3, 0.4) is 0 Å². The highest BCUT2D eigenvalue weighted by atomic mass is 16.3. The van der Waals surface area contributed by atoms with Crippen LogP contribution in [0.4, 0.5) is 0 Å². The number of furan rings is 1. The number of hydrogen-bond donors (Lipinski definition) is 0. The van der Waals surface area contributed by atoms with Crippen LogP contribution in [0.5, 0.6) is 0 Å². The van der Waals surface area contributed by atoms with E-state index >= 15 is 0 Å². The van der Waals surface area contributed by atoms with Gasteiger partial charge < -0.3 is 9.32 Å². The Kier molecular flexibility index (Phi) is 6.17. The zero-order valence-corrected chi connectivity index (χ0v) is 17.5. The van der Waals surface area contributed by atoms with Crippen LogP contribution < -0.4 is 0 Å². The number of nitrogens with zero attached hydrogens (tertiary/aromatic N) is 4. The van der Waals surface area contributed by atoms with Gasteiger partial charge in [0, 0.05) is 18.6 Å². The van der Waals surface area contributed by atoms with Gasteiger partial charge in [-0.05, 0) is 51.8 Å². The quantitative estimate of drug-likeness (QED) is 0.529. The zero-order valence-electron chi connectivity index (χ0n) is 17.5. The van der Waals surface area contributed by atoms with Crippen molar-refractivity contribution in [1.82, 2.24) is 19.7 Å². The molecule has 0 aromatic carbocycles. The van der Waals surface area contributed by atoms with Crippen molar-refractivity contribution in [2.24, 2.45) is 0 Å². The lowest BCUT2D eigenvalue weighted by atomic mass is 10.1. The van der Waals surface area contributed by atoms with E-state index in [2.05, 4.69) is 39.7 Å². The molecule has 3 aromatic rings. The van der Waals surface area contributed by atoms with Gasteiger partial charge in [0.25, 0.3) is 5.91 Å². The fourth-order valence-corrected chi connectivity index (χ4v) is 3.35. The summed E-state index contributed by atoms with van der Waals surface area (Å²) in [5, 5.41) is 5.29. The lowest BCUT2D eigenvalue weighted by Gasteiger charge is -2.29. The summed E-state index contributed by atoms with van der Waals surface area (Å²) in [5.41, 5.74) is 2.01. The molecule has 0 aliphatic carbocycles. The molecular weight excluding hydrogens is 352 g/mol. The maximum atomic E-state index is 13.6. The summed E-state index contributed by atoms with van der Waals surface area (Å²) in [6.45, 7) is 11.2. The van der Waals surface area contributed by atoms with Gasteiger partial charge >= 0.3 is 0 Å². The lowest BCUT2D eigenvalue weighted by molar-refractivity contribution is 0.0687. The van der Waals surface area contributed by atoms with Crippen molar-refractivity contribution in [2.45, 2.75) is 66.0 Å². The summed E-state index contributed by atoms with van der Waals surface area (Å²) in [6.07, 6.45) is 6.33. The average Bonchev–Trinajstić information content (AvgIpc) is 3.36. The number of amides is 1. The van der Waals surface area contributed by atoms with Crippen LogP contribution in [0, 0.1) is 0 Å². The molecule has 0 N–H and O–H groups in total. The van der Waals surface area contributed by atoms with Crippen molar-refractivity contribution in [3.05, 3.63) is 36.2 Å². The van der Waals surface area contributed by atoms with Crippen molar-refractivity contribution < 1.29 is 9.21 Å². The van der Waals surface area contributed by atoms with Crippen LogP contribution >= 0.6 is 0 Å². The number of carbonyl (C=O) groups is 1. The molecule has 6 heteroatoms. The number of rotatable bonds is 8. The lowest BCUT2D eigenvalue weighted by Crippen LogP contribution is -2.39. The highest BCUT2D eigenvalue weighted by Crippen LogP contribution is 2.28. The van der Waals surface area contributed by atoms with E-state index in [0.717, 1.165) is 31.2 Å². The van der Waals surface area contributed by atoms with E-state index in [1.807, 2.05) is 27.8 Å². The Hall–Kier alpha value is -2.63. The van der Waals surface area contributed by atoms with Crippen molar-refractivity contribution in [3.63, 3.8) is 0 Å². The molecule has 1 amide bonds. The van der Waals surface area contributed by atoms with E-state index in [4.69, 9.17) is 9.40 Å². The van der Waals surface area contributed by atoms with Crippen LogP contribution in [-0.4, -0.2) is 38.2 Å². The number of aromatic nitrogens is 3. The predicted octanol–water partition coefficient (Wildman–Crippen LogP) is 5.31. The summed E-state index contributed by atoms with van der Waals surface area (Å²) in [5.74, 6) is 0.683. The molecular formula is C22H30N4O2. The van der Waals surface area contributed by atoms with Gasteiger partial charge in [0.05, 0.1) is 23.4 Å². The van der Waals surface area contributed by atoms with E-state index in [0.29, 0.717) is 22.7 Å². The minimum Gasteiger partial charge on any atom is -0.463 e. The molecule has 3 heterocycles. The third kappa shape index (κ3) is 3.81. The summed E-state index contributed by atoms with van der Waals surface area (Å²) < 4.78 is 7.42. The molecule has 3 rings (SSSR count). The van der Waals surface area contributed by atoms with Crippen LogP contribution in [0.2, 0.25) is 0 Å². The Labute approximate surface area is 166 Å². The zero-order chi connectivity index (χ0) is 20.3. The van der Waals surface area contributed by atoms with E-state index < -0.39 is 0 Å². The van der Waals surface area contributed by atoms with E-state index in [1.54, 1.807) is 12.5 Å². The first-order valence-electron chi connectivity index (χ1n) is 10.2. The minimum atomic E-state index is 0.0336. The summed E-state index contributed by atoms with van der Waals surface area (Å²) >= 11 is 0. The second-order valence-corrected chi connectivity index (χ2v) is 7.56. The number of hydrogen-bond acceptors (Lipinski definition) is 4. The van der Waals surface area contributed by atoms with Gasteiger partial charge in [-0.15, -0.1) is 0 Å². The molecule has 1 atom stereocenters. The second-order valence-electron chi connectivity index (χ2n) is 7.56. The average molecular weight is 383 g/mol. The Bertz CT molecular complexity index is 928. The molecule has 0 fully saturated rings. The first kappa shape index (κ1) is 20.1. The van der Waals surface area contributed by atoms with Gasteiger partial charge in [0.2, 0.25) is 0 Å². The highest BCUT2D eigenvalue weighted by molar-refractivity contribution is 6.06. The van der Waals surface area contributed by atoms with Gasteiger partial charge in [-0.2, -0.15) is 5.10 Å². The maximum absolute atomic E-state index is 13.6. The molecule has 0 aliphatic rings. The summed E-state index contributed by atoms with van der Waals surface area (Å²) in [6, 6.07) is 5.86. The van der Waals surface area contributed by atoms with Crippen LogP contribution in [0.15, 0.2) is 35.1 Å². The number of fused-ring (bicyclic) bond motifs is 1. The predicted molar refractivity (Wildman–Crippen MR) is 111 cm³/mol. The fourth-order valence-electron chi connectivity index (χ4n) is 3.35. The molecule has 6 nitrogen and oxygen atoms in total.